The number of anilines is 1. The molecule has 1 heterocycles. The number of piperidine rings is 1. The average molecular weight is 457 g/mol. The summed E-state index contributed by atoms with van der Waals surface area (Å²) in [4.78, 5) is 25.2. The van der Waals surface area contributed by atoms with Crippen molar-refractivity contribution in [3.63, 3.8) is 0 Å². The van der Waals surface area contributed by atoms with Gasteiger partial charge in [0.25, 0.3) is 0 Å². The van der Waals surface area contributed by atoms with Gasteiger partial charge in [0, 0.05) is 12.5 Å². The van der Waals surface area contributed by atoms with Gasteiger partial charge in [0.2, 0.25) is 5.91 Å². The smallest absolute Gasteiger partial charge is 0.422 e. The molecule has 0 aromatic heterocycles. The number of hydrogen-bond donors (Lipinski definition) is 0. The van der Waals surface area contributed by atoms with E-state index in [0.29, 0.717) is 17.7 Å². The summed E-state index contributed by atoms with van der Waals surface area (Å²) >= 11 is 0. The van der Waals surface area contributed by atoms with Gasteiger partial charge in [-0.1, -0.05) is 13.8 Å². The topological polar surface area (TPSA) is 46.6 Å². The highest BCUT2D eigenvalue weighted by Crippen LogP contribution is 2.46. The average Bonchev–Trinajstić information content (AvgIpc) is 2.67. The molecule has 1 aromatic carbocycles. The molecule has 1 aromatic rings. The van der Waals surface area contributed by atoms with Crippen LogP contribution in [0.25, 0.3) is 0 Å². The lowest BCUT2D eigenvalue weighted by Gasteiger charge is -2.45. The molecule has 1 aliphatic heterocycles. The van der Waals surface area contributed by atoms with Crippen LogP contribution in [0, 0.1) is 28.7 Å². The lowest BCUT2D eigenvalue weighted by Crippen LogP contribution is -2.52. The fourth-order valence-electron chi connectivity index (χ4n) is 4.03. The molecule has 1 unspecified atom stereocenters. The molecule has 0 spiro atoms. The maximum absolute atomic E-state index is 14.6. The van der Waals surface area contributed by atoms with Crippen LogP contribution in [0.1, 0.15) is 58.4 Å². The lowest BCUT2D eigenvalue weighted by molar-refractivity contribution is -0.144. The van der Waals surface area contributed by atoms with Crippen LogP contribution in [0.5, 0.6) is 0 Å². The van der Waals surface area contributed by atoms with Crippen molar-refractivity contribution in [2.24, 2.45) is 5.41 Å². The summed E-state index contributed by atoms with van der Waals surface area (Å²) in [7, 11) is 0. The molecule has 174 valence electrons. The standard InChI is InChI=1S/C20H22F7NO3/c1-4-19(5-2)8-10(7-12(30)31-6-3)28(11(29)9-19)18-16(23)14(21)13(20(25,26)27)15(22)17(18)24/h10H,4-9H2,1-3H3. The second-order valence-corrected chi connectivity index (χ2v) is 7.49. The van der Waals surface area contributed by atoms with E-state index in [0.717, 1.165) is 0 Å². The predicted octanol–water partition coefficient (Wildman–Crippen LogP) is 5.52. The highest BCUT2D eigenvalue weighted by molar-refractivity contribution is 5.96. The van der Waals surface area contributed by atoms with Crippen molar-refractivity contribution in [1.29, 1.82) is 0 Å². The van der Waals surface area contributed by atoms with Gasteiger partial charge in [-0.3, -0.25) is 9.59 Å². The normalized spacial score (nSPS) is 19.0. The van der Waals surface area contributed by atoms with Gasteiger partial charge in [0.05, 0.1) is 13.0 Å². The number of esters is 1. The number of amides is 1. The molecule has 0 aliphatic carbocycles. The molecule has 0 saturated carbocycles. The van der Waals surface area contributed by atoms with Gasteiger partial charge >= 0.3 is 12.1 Å². The summed E-state index contributed by atoms with van der Waals surface area (Å²) in [6.45, 7) is 5.02. The number of ether oxygens (including phenoxy) is 1. The first-order chi connectivity index (χ1) is 14.3. The molecule has 0 N–H and O–H groups in total. The number of nitrogens with zero attached hydrogens (tertiary/aromatic N) is 1. The Bertz CT molecular complexity index is 836. The van der Waals surface area contributed by atoms with Gasteiger partial charge in [0.15, 0.2) is 23.3 Å². The van der Waals surface area contributed by atoms with Crippen LogP contribution >= 0.6 is 0 Å². The Labute approximate surface area is 174 Å². The predicted molar refractivity (Wildman–Crippen MR) is 96.0 cm³/mol. The summed E-state index contributed by atoms with van der Waals surface area (Å²) in [5.74, 6) is -11.8. The second kappa shape index (κ2) is 9.04. The quantitative estimate of drug-likeness (QED) is 0.321. The number of rotatable bonds is 6. The van der Waals surface area contributed by atoms with E-state index in [1.54, 1.807) is 13.8 Å². The lowest BCUT2D eigenvalue weighted by atomic mass is 9.70. The largest absolute Gasteiger partial charge is 0.466 e. The molecule has 31 heavy (non-hydrogen) atoms. The molecule has 1 amide bonds. The molecular weight excluding hydrogens is 435 g/mol. The monoisotopic (exact) mass is 457 g/mol. The van der Waals surface area contributed by atoms with E-state index in [1.807, 2.05) is 0 Å². The SMILES string of the molecule is CCOC(=O)CC1CC(CC)(CC)CC(=O)N1c1c(F)c(F)c(C(F)(F)F)c(F)c1F. The van der Waals surface area contributed by atoms with Crippen LogP contribution in [0.3, 0.4) is 0 Å². The molecular formula is C20H22F7NO3. The molecule has 1 atom stereocenters. The summed E-state index contributed by atoms with van der Waals surface area (Å²) in [6.07, 6.45) is -5.56. The molecule has 1 aliphatic rings. The molecule has 2 rings (SSSR count). The van der Waals surface area contributed by atoms with Gasteiger partial charge in [0.1, 0.15) is 11.3 Å². The van der Waals surface area contributed by atoms with E-state index in [1.165, 1.54) is 6.92 Å². The molecule has 4 nitrogen and oxygen atoms in total. The zero-order valence-corrected chi connectivity index (χ0v) is 17.1. The van der Waals surface area contributed by atoms with Crippen LogP contribution in [0.2, 0.25) is 0 Å². The Morgan fingerprint density at radius 2 is 1.55 bits per heavy atom. The van der Waals surface area contributed by atoms with Gasteiger partial charge in [-0.05, 0) is 31.6 Å². The third-order valence-electron chi connectivity index (χ3n) is 5.80. The summed E-state index contributed by atoms with van der Waals surface area (Å²) in [6, 6.07) is -1.26. The van der Waals surface area contributed by atoms with Crippen molar-refractivity contribution in [3.8, 4) is 0 Å². The maximum Gasteiger partial charge on any atom is 0.422 e. The molecule has 0 bridgehead atoms. The Morgan fingerprint density at radius 1 is 1.03 bits per heavy atom. The molecule has 1 saturated heterocycles. The van der Waals surface area contributed by atoms with Crippen LogP contribution in [-0.2, 0) is 20.5 Å². The van der Waals surface area contributed by atoms with Gasteiger partial charge in [-0.15, -0.1) is 0 Å². The number of halogens is 7. The zero-order valence-electron chi connectivity index (χ0n) is 17.1. The van der Waals surface area contributed by atoms with Crippen molar-refractivity contribution < 1.29 is 45.1 Å². The summed E-state index contributed by atoms with van der Waals surface area (Å²) in [5.41, 5.74) is -4.96. The second-order valence-electron chi connectivity index (χ2n) is 7.49. The number of hydrogen-bond acceptors (Lipinski definition) is 3. The number of alkyl halides is 3. The van der Waals surface area contributed by atoms with E-state index in [-0.39, 0.29) is 19.4 Å². The van der Waals surface area contributed by atoms with Crippen LogP contribution in [0.15, 0.2) is 0 Å². The summed E-state index contributed by atoms with van der Waals surface area (Å²) < 4.78 is 101. The van der Waals surface area contributed by atoms with Gasteiger partial charge in [-0.25, -0.2) is 17.6 Å². The van der Waals surface area contributed by atoms with Crippen molar-refractivity contribution >= 4 is 17.6 Å². The van der Waals surface area contributed by atoms with Crippen molar-refractivity contribution in [2.75, 3.05) is 11.5 Å². The van der Waals surface area contributed by atoms with E-state index < -0.39 is 70.5 Å². The molecule has 0 radical (unpaired) electrons. The van der Waals surface area contributed by atoms with E-state index in [2.05, 4.69) is 0 Å². The van der Waals surface area contributed by atoms with Crippen molar-refractivity contribution in [1.82, 2.24) is 0 Å². The van der Waals surface area contributed by atoms with Gasteiger partial charge < -0.3 is 9.64 Å². The zero-order chi connectivity index (χ0) is 23.7. The number of benzene rings is 1. The molecule has 11 heteroatoms. The fourth-order valence-corrected chi connectivity index (χ4v) is 4.03. The first-order valence-corrected chi connectivity index (χ1v) is 9.74. The first-order valence-electron chi connectivity index (χ1n) is 9.74. The first kappa shape index (κ1) is 24.9. The Hall–Kier alpha value is -2.33. The fraction of sp³-hybridized carbons (Fsp3) is 0.600. The minimum absolute atomic E-state index is 0.0293. The Kier molecular flexibility index (Phi) is 7.27. The highest BCUT2D eigenvalue weighted by Gasteiger charge is 2.48. The third kappa shape index (κ3) is 4.64. The van der Waals surface area contributed by atoms with Crippen molar-refractivity contribution in [3.05, 3.63) is 28.8 Å². The van der Waals surface area contributed by atoms with Crippen LogP contribution < -0.4 is 4.90 Å². The Balaban J connectivity index is 2.68. The number of carbonyl (C=O) groups excluding carboxylic acids is 2. The third-order valence-corrected chi connectivity index (χ3v) is 5.80. The van der Waals surface area contributed by atoms with E-state index in [9.17, 15) is 40.3 Å². The van der Waals surface area contributed by atoms with E-state index >= 15 is 0 Å². The maximum atomic E-state index is 14.6. The van der Waals surface area contributed by atoms with Crippen molar-refractivity contribution in [2.45, 2.75) is 65.1 Å². The highest BCUT2D eigenvalue weighted by atomic mass is 19.4. The van der Waals surface area contributed by atoms with Crippen LogP contribution in [-0.4, -0.2) is 24.5 Å². The van der Waals surface area contributed by atoms with Gasteiger partial charge in [-0.2, -0.15) is 13.2 Å². The minimum Gasteiger partial charge on any atom is -0.466 e. The summed E-state index contributed by atoms with van der Waals surface area (Å²) in [5, 5.41) is 0. The van der Waals surface area contributed by atoms with E-state index in [4.69, 9.17) is 4.74 Å². The molecule has 1 fully saturated rings. The number of carbonyl (C=O) groups is 2. The van der Waals surface area contributed by atoms with Crippen LogP contribution in [0.4, 0.5) is 36.4 Å². The Morgan fingerprint density at radius 3 is 1.97 bits per heavy atom. The minimum atomic E-state index is -5.70.